The first kappa shape index (κ1) is 17.1. The van der Waals surface area contributed by atoms with Crippen LogP contribution < -0.4 is 15.8 Å². The third kappa shape index (κ3) is 5.17. The zero-order chi connectivity index (χ0) is 14.4. The highest BCUT2D eigenvalue weighted by atomic mass is 35.5. The van der Waals surface area contributed by atoms with Gasteiger partial charge in [-0.15, -0.1) is 12.4 Å². The highest BCUT2D eigenvalue weighted by molar-refractivity contribution is 5.85. The van der Waals surface area contributed by atoms with Crippen LogP contribution in [0, 0.1) is 6.92 Å². The van der Waals surface area contributed by atoms with Crippen LogP contribution in [0.4, 0.5) is 11.4 Å². The van der Waals surface area contributed by atoms with Gasteiger partial charge in [0.2, 0.25) is 0 Å². The Bertz CT molecular complexity index is 559. The van der Waals surface area contributed by atoms with Crippen LogP contribution in [0.25, 0.3) is 0 Å². The van der Waals surface area contributed by atoms with Gasteiger partial charge in [0, 0.05) is 17.9 Å². The summed E-state index contributed by atoms with van der Waals surface area (Å²) < 4.78 is 5.32. The maximum Gasteiger partial charge on any atom is 0.119 e. The summed E-state index contributed by atoms with van der Waals surface area (Å²) in [5, 5.41) is 12.1. The number of benzene rings is 2. The Morgan fingerprint density at radius 1 is 1.14 bits per heavy atom. The maximum atomic E-state index is 8.69. The van der Waals surface area contributed by atoms with E-state index in [-0.39, 0.29) is 19.0 Å². The molecule has 4 nitrogen and oxygen atoms in total. The summed E-state index contributed by atoms with van der Waals surface area (Å²) in [6, 6.07) is 13.7. The fraction of sp³-hybridized carbons (Fsp3) is 0.250. The summed E-state index contributed by atoms with van der Waals surface area (Å²) in [6.07, 6.45) is 0. The minimum Gasteiger partial charge on any atom is -0.491 e. The van der Waals surface area contributed by atoms with Crippen molar-refractivity contribution in [2.75, 3.05) is 24.3 Å². The number of halogens is 1. The van der Waals surface area contributed by atoms with Crippen LogP contribution in [0.3, 0.4) is 0 Å². The zero-order valence-electron chi connectivity index (χ0n) is 12.0. The summed E-state index contributed by atoms with van der Waals surface area (Å²) >= 11 is 0. The SMILES string of the molecule is Cc1cc(N)ccc1NCc1ccc(OCCO)cc1.Cl. The van der Waals surface area contributed by atoms with Crippen LogP contribution in [0.1, 0.15) is 11.1 Å². The number of hydrogen-bond donors (Lipinski definition) is 3. The van der Waals surface area contributed by atoms with E-state index in [1.54, 1.807) is 0 Å². The summed E-state index contributed by atoms with van der Waals surface area (Å²) in [7, 11) is 0. The van der Waals surface area contributed by atoms with Gasteiger partial charge in [-0.1, -0.05) is 12.1 Å². The van der Waals surface area contributed by atoms with E-state index in [4.69, 9.17) is 15.6 Å². The van der Waals surface area contributed by atoms with Gasteiger partial charge in [-0.3, -0.25) is 0 Å². The van der Waals surface area contributed by atoms with E-state index in [0.29, 0.717) is 6.61 Å². The molecule has 114 valence electrons. The summed E-state index contributed by atoms with van der Waals surface area (Å²) in [5.74, 6) is 0.770. The van der Waals surface area contributed by atoms with Crippen molar-refractivity contribution in [2.45, 2.75) is 13.5 Å². The number of ether oxygens (including phenoxy) is 1. The van der Waals surface area contributed by atoms with Crippen LogP contribution >= 0.6 is 12.4 Å². The molecule has 2 aromatic rings. The summed E-state index contributed by atoms with van der Waals surface area (Å²) in [4.78, 5) is 0. The minimum absolute atomic E-state index is 0. The molecular weight excluding hydrogens is 288 g/mol. The molecule has 0 heterocycles. The van der Waals surface area contributed by atoms with Gasteiger partial charge in [0.1, 0.15) is 12.4 Å². The first-order chi connectivity index (χ1) is 9.69. The number of aliphatic hydroxyl groups excluding tert-OH is 1. The Kier molecular flexibility index (Phi) is 6.85. The lowest BCUT2D eigenvalue weighted by molar-refractivity contribution is 0.201. The second kappa shape index (κ2) is 8.39. The summed E-state index contributed by atoms with van der Waals surface area (Å²) in [6.45, 7) is 3.12. The maximum absolute atomic E-state index is 8.69. The average Bonchev–Trinajstić information content (AvgIpc) is 2.45. The van der Waals surface area contributed by atoms with Crippen LogP contribution in [0.2, 0.25) is 0 Å². The first-order valence-electron chi connectivity index (χ1n) is 6.61. The van der Waals surface area contributed by atoms with Crippen molar-refractivity contribution in [2.24, 2.45) is 0 Å². The average molecular weight is 309 g/mol. The van der Waals surface area contributed by atoms with E-state index < -0.39 is 0 Å². The smallest absolute Gasteiger partial charge is 0.119 e. The minimum atomic E-state index is 0. The number of rotatable bonds is 6. The molecule has 0 saturated carbocycles. The third-order valence-corrected chi connectivity index (χ3v) is 3.02. The second-order valence-corrected chi connectivity index (χ2v) is 4.64. The Hall–Kier alpha value is -1.91. The quantitative estimate of drug-likeness (QED) is 0.718. The van der Waals surface area contributed by atoms with Gasteiger partial charge >= 0.3 is 0 Å². The fourth-order valence-corrected chi connectivity index (χ4v) is 1.95. The third-order valence-electron chi connectivity index (χ3n) is 3.02. The van der Waals surface area contributed by atoms with Crippen molar-refractivity contribution in [3.63, 3.8) is 0 Å². The van der Waals surface area contributed by atoms with Gasteiger partial charge in [-0.05, 0) is 48.4 Å². The van der Waals surface area contributed by atoms with Crippen LogP contribution in [-0.4, -0.2) is 18.3 Å². The van der Waals surface area contributed by atoms with Gasteiger partial charge in [0.05, 0.1) is 6.61 Å². The van der Waals surface area contributed by atoms with Gasteiger partial charge in [0.25, 0.3) is 0 Å². The molecule has 0 saturated heterocycles. The molecule has 0 fully saturated rings. The molecule has 0 aliphatic heterocycles. The molecule has 0 atom stereocenters. The van der Waals surface area contributed by atoms with Gasteiger partial charge in [-0.25, -0.2) is 0 Å². The Labute approximate surface area is 131 Å². The van der Waals surface area contributed by atoms with Gasteiger partial charge in [0.15, 0.2) is 0 Å². The predicted molar refractivity (Wildman–Crippen MR) is 89.2 cm³/mol. The van der Waals surface area contributed by atoms with Crippen molar-refractivity contribution in [1.82, 2.24) is 0 Å². The predicted octanol–water partition coefficient (Wildman–Crippen LogP) is 2.98. The van der Waals surface area contributed by atoms with Crippen molar-refractivity contribution >= 4 is 23.8 Å². The molecule has 0 amide bonds. The lowest BCUT2D eigenvalue weighted by Gasteiger charge is -2.11. The number of hydrogen-bond acceptors (Lipinski definition) is 4. The van der Waals surface area contributed by atoms with E-state index in [0.717, 1.165) is 34.8 Å². The van der Waals surface area contributed by atoms with Crippen LogP contribution in [-0.2, 0) is 6.54 Å². The Morgan fingerprint density at radius 2 is 1.86 bits per heavy atom. The number of aryl methyl sites for hydroxylation is 1. The molecule has 0 spiro atoms. The van der Waals surface area contributed by atoms with Gasteiger partial charge in [-0.2, -0.15) is 0 Å². The van der Waals surface area contributed by atoms with E-state index in [1.165, 1.54) is 0 Å². The van der Waals surface area contributed by atoms with Crippen molar-refractivity contribution in [1.29, 1.82) is 0 Å². The molecule has 0 aliphatic rings. The molecule has 0 aromatic heterocycles. The van der Waals surface area contributed by atoms with Crippen molar-refractivity contribution in [3.8, 4) is 5.75 Å². The number of nitrogens with one attached hydrogen (secondary N) is 1. The summed E-state index contributed by atoms with van der Waals surface area (Å²) in [5.41, 5.74) is 9.89. The number of anilines is 2. The second-order valence-electron chi connectivity index (χ2n) is 4.64. The molecule has 2 aromatic carbocycles. The monoisotopic (exact) mass is 308 g/mol. The molecule has 0 radical (unpaired) electrons. The normalized spacial score (nSPS) is 9.81. The van der Waals surface area contributed by atoms with Gasteiger partial charge < -0.3 is 20.9 Å². The van der Waals surface area contributed by atoms with E-state index in [2.05, 4.69) is 5.32 Å². The lowest BCUT2D eigenvalue weighted by atomic mass is 10.1. The number of nitrogens with two attached hydrogens (primary N) is 1. The highest BCUT2D eigenvalue weighted by Gasteiger charge is 1.99. The lowest BCUT2D eigenvalue weighted by Crippen LogP contribution is -2.03. The molecule has 0 aliphatic carbocycles. The standard InChI is InChI=1S/C16H20N2O2.ClH/c1-12-10-14(17)4-7-16(12)18-11-13-2-5-15(6-3-13)20-9-8-19;/h2-7,10,18-19H,8-9,11,17H2,1H3;1H. The highest BCUT2D eigenvalue weighted by Crippen LogP contribution is 2.19. The van der Waals surface area contributed by atoms with Crippen LogP contribution in [0.15, 0.2) is 42.5 Å². The van der Waals surface area contributed by atoms with E-state index >= 15 is 0 Å². The molecular formula is C16H21ClN2O2. The van der Waals surface area contributed by atoms with Crippen LogP contribution in [0.5, 0.6) is 5.75 Å². The number of nitrogen functional groups attached to an aromatic ring is 1. The zero-order valence-corrected chi connectivity index (χ0v) is 12.8. The Morgan fingerprint density at radius 3 is 2.48 bits per heavy atom. The van der Waals surface area contributed by atoms with E-state index in [1.807, 2.05) is 49.4 Å². The van der Waals surface area contributed by atoms with E-state index in [9.17, 15) is 0 Å². The molecule has 21 heavy (non-hydrogen) atoms. The molecule has 5 heteroatoms. The molecule has 0 unspecified atom stereocenters. The number of aliphatic hydroxyl groups is 1. The fourth-order valence-electron chi connectivity index (χ4n) is 1.95. The molecule has 0 bridgehead atoms. The molecule has 4 N–H and O–H groups in total. The topological polar surface area (TPSA) is 67.5 Å². The largest absolute Gasteiger partial charge is 0.491 e. The Balaban J connectivity index is 0.00000220. The van der Waals surface area contributed by atoms with Crippen molar-refractivity contribution in [3.05, 3.63) is 53.6 Å². The first-order valence-corrected chi connectivity index (χ1v) is 6.61. The molecule has 2 rings (SSSR count). The van der Waals surface area contributed by atoms with Crippen molar-refractivity contribution < 1.29 is 9.84 Å².